The Bertz CT molecular complexity index is 362. The molecule has 2 N–H and O–H groups in total. The fourth-order valence-electron chi connectivity index (χ4n) is 2.11. The molecule has 1 saturated heterocycles. The number of nitrogens with zero attached hydrogens (tertiary/aromatic N) is 2. The van der Waals surface area contributed by atoms with Crippen molar-refractivity contribution in [3.63, 3.8) is 0 Å². The molecule has 1 aromatic rings. The van der Waals surface area contributed by atoms with Gasteiger partial charge in [0.05, 0.1) is 5.69 Å². The zero-order chi connectivity index (χ0) is 12.1. The second-order valence-electron chi connectivity index (χ2n) is 4.36. The first-order valence-corrected chi connectivity index (χ1v) is 6.28. The normalized spacial score (nSPS) is 20.9. The zero-order valence-corrected chi connectivity index (χ0v) is 10.2. The van der Waals surface area contributed by atoms with E-state index in [0.29, 0.717) is 24.0 Å². The van der Waals surface area contributed by atoms with E-state index in [4.69, 9.17) is 0 Å². The standard InChI is InChI=1S/C12H19FN4/c1-2-10-11(13)12(16-8-15-10)17-9-4-3-6-14-7-5-9/h8-9,14H,2-7H2,1H3,(H,15,16,17). The highest BCUT2D eigenvalue weighted by Gasteiger charge is 2.16. The lowest BCUT2D eigenvalue weighted by atomic mass is 10.1. The molecule has 1 aromatic heterocycles. The molecule has 2 heterocycles. The largest absolute Gasteiger partial charge is 0.365 e. The molecule has 1 aliphatic rings. The summed E-state index contributed by atoms with van der Waals surface area (Å²) in [7, 11) is 0. The van der Waals surface area contributed by atoms with Crippen molar-refractivity contribution in [2.24, 2.45) is 0 Å². The Morgan fingerprint density at radius 3 is 3.12 bits per heavy atom. The summed E-state index contributed by atoms with van der Waals surface area (Å²) in [6.45, 7) is 3.92. The summed E-state index contributed by atoms with van der Waals surface area (Å²) in [5, 5.41) is 6.53. The van der Waals surface area contributed by atoms with Crippen LogP contribution in [-0.4, -0.2) is 29.1 Å². The summed E-state index contributed by atoms with van der Waals surface area (Å²) in [6.07, 6.45) is 5.20. The number of aryl methyl sites for hydroxylation is 1. The van der Waals surface area contributed by atoms with Crippen LogP contribution in [0.3, 0.4) is 0 Å². The van der Waals surface area contributed by atoms with Gasteiger partial charge in [-0.25, -0.2) is 14.4 Å². The van der Waals surface area contributed by atoms with Crippen LogP contribution in [0.15, 0.2) is 6.33 Å². The number of aromatic nitrogens is 2. The van der Waals surface area contributed by atoms with Crippen molar-refractivity contribution in [1.82, 2.24) is 15.3 Å². The van der Waals surface area contributed by atoms with Gasteiger partial charge in [-0.3, -0.25) is 0 Å². The van der Waals surface area contributed by atoms with E-state index in [1.807, 2.05) is 6.92 Å². The molecule has 94 valence electrons. The average molecular weight is 238 g/mol. The van der Waals surface area contributed by atoms with Gasteiger partial charge in [-0.1, -0.05) is 6.92 Å². The van der Waals surface area contributed by atoms with Crippen LogP contribution in [0.5, 0.6) is 0 Å². The van der Waals surface area contributed by atoms with Crippen molar-refractivity contribution >= 4 is 5.82 Å². The van der Waals surface area contributed by atoms with Crippen LogP contribution in [0.1, 0.15) is 31.9 Å². The van der Waals surface area contributed by atoms with Gasteiger partial charge in [-0.2, -0.15) is 0 Å². The first-order chi connectivity index (χ1) is 8.31. The van der Waals surface area contributed by atoms with Crippen LogP contribution < -0.4 is 10.6 Å². The highest BCUT2D eigenvalue weighted by atomic mass is 19.1. The lowest BCUT2D eigenvalue weighted by molar-refractivity contribution is 0.580. The third-order valence-electron chi connectivity index (χ3n) is 3.11. The van der Waals surface area contributed by atoms with Crippen molar-refractivity contribution in [3.05, 3.63) is 17.8 Å². The smallest absolute Gasteiger partial charge is 0.186 e. The maximum atomic E-state index is 13.9. The Morgan fingerprint density at radius 1 is 1.41 bits per heavy atom. The summed E-state index contributed by atoms with van der Waals surface area (Å²) < 4.78 is 13.9. The molecular formula is C12H19FN4. The molecule has 0 amide bonds. The maximum Gasteiger partial charge on any atom is 0.186 e. The van der Waals surface area contributed by atoms with Gasteiger partial charge in [0.2, 0.25) is 0 Å². The molecule has 0 aliphatic carbocycles. The van der Waals surface area contributed by atoms with Gasteiger partial charge in [0.25, 0.3) is 0 Å². The minimum absolute atomic E-state index is 0.299. The minimum atomic E-state index is -0.299. The third-order valence-corrected chi connectivity index (χ3v) is 3.11. The van der Waals surface area contributed by atoms with E-state index in [2.05, 4.69) is 20.6 Å². The van der Waals surface area contributed by atoms with Crippen molar-refractivity contribution in [1.29, 1.82) is 0 Å². The highest BCUT2D eigenvalue weighted by molar-refractivity contribution is 5.38. The van der Waals surface area contributed by atoms with Crippen LogP contribution >= 0.6 is 0 Å². The molecule has 2 rings (SSSR count). The van der Waals surface area contributed by atoms with E-state index in [0.717, 1.165) is 32.4 Å². The molecule has 5 heteroatoms. The highest BCUT2D eigenvalue weighted by Crippen LogP contribution is 2.17. The fourth-order valence-corrected chi connectivity index (χ4v) is 2.11. The quantitative estimate of drug-likeness (QED) is 0.842. The minimum Gasteiger partial charge on any atom is -0.365 e. The van der Waals surface area contributed by atoms with E-state index >= 15 is 0 Å². The Balaban J connectivity index is 2.06. The SMILES string of the molecule is CCc1ncnc(NC2CCCNCC2)c1F. The lowest BCUT2D eigenvalue weighted by Gasteiger charge is -2.17. The van der Waals surface area contributed by atoms with Gasteiger partial charge >= 0.3 is 0 Å². The molecule has 1 atom stereocenters. The van der Waals surface area contributed by atoms with Gasteiger partial charge in [0, 0.05) is 6.04 Å². The van der Waals surface area contributed by atoms with Crippen LogP contribution in [0, 0.1) is 5.82 Å². The number of hydrogen-bond donors (Lipinski definition) is 2. The van der Waals surface area contributed by atoms with Crippen molar-refractivity contribution in [3.8, 4) is 0 Å². The summed E-state index contributed by atoms with van der Waals surface area (Å²) in [6, 6.07) is 0.305. The number of hydrogen-bond acceptors (Lipinski definition) is 4. The van der Waals surface area contributed by atoms with Crippen molar-refractivity contribution < 1.29 is 4.39 Å². The first-order valence-electron chi connectivity index (χ1n) is 6.28. The van der Waals surface area contributed by atoms with E-state index < -0.39 is 0 Å². The monoisotopic (exact) mass is 238 g/mol. The van der Waals surface area contributed by atoms with Gasteiger partial charge in [-0.05, 0) is 38.8 Å². The maximum absolute atomic E-state index is 13.9. The number of anilines is 1. The fraction of sp³-hybridized carbons (Fsp3) is 0.667. The van der Waals surface area contributed by atoms with Crippen molar-refractivity contribution in [2.45, 2.75) is 38.6 Å². The predicted molar refractivity (Wildman–Crippen MR) is 65.5 cm³/mol. The number of halogens is 1. The number of rotatable bonds is 3. The Kier molecular flexibility index (Phi) is 4.25. The van der Waals surface area contributed by atoms with Gasteiger partial charge < -0.3 is 10.6 Å². The molecule has 0 bridgehead atoms. The van der Waals surface area contributed by atoms with Crippen LogP contribution in [0.2, 0.25) is 0 Å². The van der Waals surface area contributed by atoms with Crippen LogP contribution in [0.4, 0.5) is 10.2 Å². The molecule has 4 nitrogen and oxygen atoms in total. The molecule has 0 radical (unpaired) electrons. The van der Waals surface area contributed by atoms with E-state index in [1.54, 1.807) is 0 Å². The molecule has 0 saturated carbocycles. The lowest BCUT2D eigenvalue weighted by Crippen LogP contribution is -2.23. The summed E-state index contributed by atoms with van der Waals surface area (Å²) in [4.78, 5) is 7.92. The average Bonchev–Trinajstić information content (AvgIpc) is 2.60. The molecule has 0 spiro atoms. The van der Waals surface area contributed by atoms with E-state index in [9.17, 15) is 4.39 Å². The van der Waals surface area contributed by atoms with Crippen molar-refractivity contribution in [2.75, 3.05) is 18.4 Å². The summed E-state index contributed by atoms with van der Waals surface area (Å²) in [5.74, 6) is 0.0518. The summed E-state index contributed by atoms with van der Waals surface area (Å²) in [5.41, 5.74) is 0.481. The topological polar surface area (TPSA) is 49.8 Å². The van der Waals surface area contributed by atoms with Crippen LogP contribution in [0.25, 0.3) is 0 Å². The molecule has 17 heavy (non-hydrogen) atoms. The Hall–Kier alpha value is -1.23. The van der Waals surface area contributed by atoms with E-state index in [1.165, 1.54) is 6.33 Å². The Morgan fingerprint density at radius 2 is 2.29 bits per heavy atom. The van der Waals surface area contributed by atoms with Gasteiger partial charge in [0.15, 0.2) is 11.6 Å². The second-order valence-corrected chi connectivity index (χ2v) is 4.36. The first kappa shape index (κ1) is 12.2. The molecule has 1 aliphatic heterocycles. The van der Waals surface area contributed by atoms with Crippen LogP contribution in [-0.2, 0) is 6.42 Å². The molecule has 0 aromatic carbocycles. The van der Waals surface area contributed by atoms with E-state index in [-0.39, 0.29) is 5.82 Å². The summed E-state index contributed by atoms with van der Waals surface area (Å²) >= 11 is 0. The predicted octanol–water partition coefficient (Wildman–Crippen LogP) is 1.73. The van der Waals surface area contributed by atoms with Gasteiger partial charge in [-0.15, -0.1) is 0 Å². The number of nitrogens with one attached hydrogen (secondary N) is 2. The molecule has 1 fully saturated rings. The third kappa shape index (κ3) is 3.12. The second kappa shape index (κ2) is 5.91. The molecule has 1 unspecified atom stereocenters. The molecular weight excluding hydrogens is 219 g/mol. The van der Waals surface area contributed by atoms with Gasteiger partial charge in [0.1, 0.15) is 6.33 Å². The Labute approximate surface area is 101 Å². The zero-order valence-electron chi connectivity index (χ0n) is 10.2.